The molecule has 0 spiro atoms. The van der Waals surface area contributed by atoms with Gasteiger partial charge in [-0.2, -0.15) is 0 Å². The van der Waals surface area contributed by atoms with Crippen LogP contribution in [0.15, 0.2) is 12.2 Å². The van der Waals surface area contributed by atoms with Crippen LogP contribution in [0.25, 0.3) is 0 Å². The van der Waals surface area contributed by atoms with Crippen molar-refractivity contribution in [2.45, 2.75) is 26.2 Å². The molecule has 1 N–H and O–H groups in total. The summed E-state index contributed by atoms with van der Waals surface area (Å²) in [7, 11) is 0. The summed E-state index contributed by atoms with van der Waals surface area (Å²) < 4.78 is 0. The SMILES string of the molecule is CC=CCCCC=N. The number of rotatable bonds is 4. The fraction of sp³-hybridized carbons (Fsp3) is 0.571. The molecule has 0 saturated carbocycles. The second-order valence-corrected chi connectivity index (χ2v) is 1.70. The molecule has 0 atom stereocenters. The summed E-state index contributed by atoms with van der Waals surface area (Å²) in [5.74, 6) is 0. The molecule has 8 heavy (non-hydrogen) atoms. The third kappa shape index (κ3) is 5.41. The first-order valence-corrected chi connectivity index (χ1v) is 3.02. The number of nitrogens with one attached hydrogen (secondary N) is 1. The van der Waals surface area contributed by atoms with Crippen molar-refractivity contribution in [3.05, 3.63) is 12.2 Å². The summed E-state index contributed by atoms with van der Waals surface area (Å²) in [5.41, 5.74) is 0. The summed E-state index contributed by atoms with van der Waals surface area (Å²) in [6, 6.07) is 0. The standard InChI is InChI=1S/C7H13N/c1-2-3-4-5-6-7-8/h2-3,7-8H,4-6H2,1H3. The third-order valence-electron chi connectivity index (χ3n) is 0.955. The van der Waals surface area contributed by atoms with Crippen molar-refractivity contribution in [2.24, 2.45) is 0 Å². The number of hydrogen-bond donors (Lipinski definition) is 1. The number of hydrogen-bond acceptors (Lipinski definition) is 1. The van der Waals surface area contributed by atoms with E-state index in [4.69, 9.17) is 5.41 Å². The van der Waals surface area contributed by atoms with E-state index in [2.05, 4.69) is 6.08 Å². The fourth-order valence-corrected chi connectivity index (χ4v) is 0.504. The zero-order chi connectivity index (χ0) is 6.24. The molecule has 0 aliphatic heterocycles. The van der Waals surface area contributed by atoms with E-state index in [-0.39, 0.29) is 0 Å². The van der Waals surface area contributed by atoms with Gasteiger partial charge < -0.3 is 5.41 Å². The van der Waals surface area contributed by atoms with Crippen molar-refractivity contribution < 1.29 is 0 Å². The molecule has 0 aromatic carbocycles. The second kappa shape index (κ2) is 6.41. The Hall–Kier alpha value is -0.590. The highest BCUT2D eigenvalue weighted by molar-refractivity contribution is 5.52. The van der Waals surface area contributed by atoms with Crippen LogP contribution in [0, 0.1) is 5.41 Å². The Labute approximate surface area is 50.9 Å². The van der Waals surface area contributed by atoms with Gasteiger partial charge in [-0.3, -0.25) is 0 Å². The molecule has 0 bridgehead atoms. The Kier molecular flexibility index (Phi) is 5.94. The van der Waals surface area contributed by atoms with E-state index in [1.807, 2.05) is 13.0 Å². The number of unbranched alkanes of at least 4 members (excludes halogenated alkanes) is 2. The Balaban J connectivity index is 2.82. The Morgan fingerprint density at radius 3 is 2.62 bits per heavy atom. The Bertz CT molecular complexity index is 74.5. The van der Waals surface area contributed by atoms with Gasteiger partial charge in [-0.05, 0) is 32.4 Å². The molecule has 46 valence electrons. The van der Waals surface area contributed by atoms with Gasteiger partial charge in [0, 0.05) is 0 Å². The summed E-state index contributed by atoms with van der Waals surface area (Å²) >= 11 is 0. The van der Waals surface area contributed by atoms with E-state index in [9.17, 15) is 0 Å². The summed E-state index contributed by atoms with van der Waals surface area (Å²) in [6.45, 7) is 2.02. The van der Waals surface area contributed by atoms with Crippen LogP contribution in [-0.2, 0) is 0 Å². The molecule has 0 rings (SSSR count). The maximum Gasteiger partial charge on any atom is -0.00476 e. The van der Waals surface area contributed by atoms with Gasteiger partial charge in [0.15, 0.2) is 0 Å². The lowest BCUT2D eigenvalue weighted by Gasteiger charge is -1.84. The molecule has 0 aliphatic carbocycles. The molecule has 1 heteroatoms. The molecule has 0 fully saturated rings. The molecule has 0 radical (unpaired) electrons. The molecule has 0 aromatic rings. The minimum atomic E-state index is 0.921. The predicted octanol–water partition coefficient (Wildman–Crippen LogP) is 2.38. The molecular weight excluding hydrogens is 98.1 g/mol. The maximum absolute atomic E-state index is 6.69. The lowest BCUT2D eigenvalue weighted by Crippen LogP contribution is -1.71. The molecular formula is C7H13N. The van der Waals surface area contributed by atoms with Crippen LogP contribution < -0.4 is 0 Å². The highest BCUT2D eigenvalue weighted by Gasteiger charge is 1.76. The third-order valence-corrected chi connectivity index (χ3v) is 0.955. The van der Waals surface area contributed by atoms with Crippen LogP contribution >= 0.6 is 0 Å². The van der Waals surface area contributed by atoms with Gasteiger partial charge in [-0.25, -0.2) is 0 Å². The molecule has 0 amide bonds. The molecule has 1 nitrogen and oxygen atoms in total. The van der Waals surface area contributed by atoms with Gasteiger partial charge in [-0.15, -0.1) is 0 Å². The van der Waals surface area contributed by atoms with E-state index >= 15 is 0 Å². The number of allylic oxidation sites excluding steroid dienone is 2. The van der Waals surface area contributed by atoms with Crippen molar-refractivity contribution in [1.29, 1.82) is 5.41 Å². The average Bonchev–Trinajstić information content (AvgIpc) is 1.81. The Morgan fingerprint density at radius 1 is 1.38 bits per heavy atom. The minimum Gasteiger partial charge on any atom is -0.313 e. The fourth-order valence-electron chi connectivity index (χ4n) is 0.504. The second-order valence-electron chi connectivity index (χ2n) is 1.70. The largest absolute Gasteiger partial charge is 0.313 e. The van der Waals surface area contributed by atoms with E-state index in [0.717, 1.165) is 19.3 Å². The van der Waals surface area contributed by atoms with Crippen LogP contribution in [0.5, 0.6) is 0 Å². The Morgan fingerprint density at radius 2 is 2.12 bits per heavy atom. The zero-order valence-electron chi connectivity index (χ0n) is 5.35. The van der Waals surface area contributed by atoms with Crippen molar-refractivity contribution in [3.63, 3.8) is 0 Å². The van der Waals surface area contributed by atoms with Crippen molar-refractivity contribution in [1.82, 2.24) is 0 Å². The van der Waals surface area contributed by atoms with Crippen LogP contribution in [0.3, 0.4) is 0 Å². The van der Waals surface area contributed by atoms with Crippen molar-refractivity contribution >= 4 is 6.21 Å². The molecule has 0 heterocycles. The highest BCUT2D eigenvalue weighted by Crippen LogP contribution is 1.92. The first-order valence-electron chi connectivity index (χ1n) is 3.02. The van der Waals surface area contributed by atoms with Gasteiger partial charge in [0.2, 0.25) is 0 Å². The topological polar surface area (TPSA) is 23.9 Å². The van der Waals surface area contributed by atoms with Gasteiger partial charge >= 0.3 is 0 Å². The van der Waals surface area contributed by atoms with E-state index in [1.54, 1.807) is 0 Å². The van der Waals surface area contributed by atoms with Crippen molar-refractivity contribution in [3.8, 4) is 0 Å². The van der Waals surface area contributed by atoms with E-state index in [1.165, 1.54) is 6.21 Å². The van der Waals surface area contributed by atoms with E-state index < -0.39 is 0 Å². The van der Waals surface area contributed by atoms with Gasteiger partial charge in [-0.1, -0.05) is 12.2 Å². The smallest absolute Gasteiger partial charge is 0.00476 e. The van der Waals surface area contributed by atoms with Gasteiger partial charge in [0.25, 0.3) is 0 Å². The monoisotopic (exact) mass is 111 g/mol. The van der Waals surface area contributed by atoms with E-state index in [0.29, 0.717) is 0 Å². The molecule has 0 aromatic heterocycles. The van der Waals surface area contributed by atoms with Crippen molar-refractivity contribution in [2.75, 3.05) is 0 Å². The first kappa shape index (κ1) is 7.41. The zero-order valence-corrected chi connectivity index (χ0v) is 5.35. The summed E-state index contributed by atoms with van der Waals surface area (Å²) in [5, 5.41) is 6.69. The first-order chi connectivity index (χ1) is 3.91. The quantitative estimate of drug-likeness (QED) is 0.327. The van der Waals surface area contributed by atoms with Crippen LogP contribution in [-0.4, -0.2) is 6.21 Å². The molecule has 0 saturated heterocycles. The average molecular weight is 111 g/mol. The van der Waals surface area contributed by atoms with Crippen LogP contribution in [0.1, 0.15) is 26.2 Å². The lowest BCUT2D eigenvalue weighted by atomic mass is 10.2. The van der Waals surface area contributed by atoms with Crippen LogP contribution in [0.2, 0.25) is 0 Å². The molecule has 0 aliphatic rings. The highest BCUT2D eigenvalue weighted by atomic mass is 14.3. The van der Waals surface area contributed by atoms with Crippen LogP contribution in [0.4, 0.5) is 0 Å². The normalized spacial score (nSPS) is 10.1. The summed E-state index contributed by atoms with van der Waals surface area (Å²) in [4.78, 5) is 0. The predicted molar refractivity (Wildman–Crippen MR) is 37.4 cm³/mol. The lowest BCUT2D eigenvalue weighted by molar-refractivity contribution is 0.900. The maximum atomic E-state index is 6.69. The summed E-state index contributed by atoms with van der Waals surface area (Å²) in [6.07, 6.45) is 8.79. The van der Waals surface area contributed by atoms with Gasteiger partial charge in [0.05, 0.1) is 0 Å². The van der Waals surface area contributed by atoms with Gasteiger partial charge in [0.1, 0.15) is 0 Å². The minimum absolute atomic E-state index is 0.921. The molecule has 0 unspecified atom stereocenters.